The zero-order chi connectivity index (χ0) is 17.1. The van der Waals surface area contributed by atoms with E-state index in [1.807, 2.05) is 13.0 Å². The smallest absolute Gasteiger partial charge is 0.267 e. The van der Waals surface area contributed by atoms with E-state index in [0.29, 0.717) is 36.2 Å². The number of rotatable bonds is 9. The molecule has 0 unspecified atom stereocenters. The topological polar surface area (TPSA) is 83.4 Å². The van der Waals surface area contributed by atoms with Gasteiger partial charge >= 0.3 is 0 Å². The van der Waals surface area contributed by atoms with Crippen molar-refractivity contribution in [1.29, 1.82) is 5.26 Å². The SMILES string of the molecule is CCOCCCN/C=C(/C#N)C(=O)Nc1cc(Cl)ccc1OC. The molecule has 0 fully saturated rings. The van der Waals surface area contributed by atoms with Crippen LogP contribution in [0.5, 0.6) is 5.75 Å². The first-order chi connectivity index (χ1) is 11.1. The van der Waals surface area contributed by atoms with E-state index in [4.69, 9.17) is 26.3 Å². The van der Waals surface area contributed by atoms with Gasteiger partial charge in [-0.25, -0.2) is 0 Å². The molecule has 0 aliphatic carbocycles. The lowest BCUT2D eigenvalue weighted by atomic mass is 10.2. The van der Waals surface area contributed by atoms with E-state index in [1.165, 1.54) is 13.3 Å². The highest BCUT2D eigenvalue weighted by Crippen LogP contribution is 2.27. The molecule has 0 saturated carbocycles. The Bertz CT molecular complexity index is 597. The van der Waals surface area contributed by atoms with Crippen molar-refractivity contribution in [2.75, 3.05) is 32.2 Å². The van der Waals surface area contributed by atoms with E-state index in [9.17, 15) is 4.79 Å². The molecule has 0 aliphatic rings. The van der Waals surface area contributed by atoms with Crippen molar-refractivity contribution >= 4 is 23.2 Å². The number of amides is 1. The van der Waals surface area contributed by atoms with Crippen LogP contribution in [0, 0.1) is 11.3 Å². The van der Waals surface area contributed by atoms with Gasteiger partial charge in [-0.1, -0.05) is 11.6 Å². The number of hydrogen-bond acceptors (Lipinski definition) is 5. The largest absolute Gasteiger partial charge is 0.495 e. The Morgan fingerprint density at radius 1 is 1.48 bits per heavy atom. The van der Waals surface area contributed by atoms with Gasteiger partial charge in [0.25, 0.3) is 5.91 Å². The van der Waals surface area contributed by atoms with E-state index >= 15 is 0 Å². The summed E-state index contributed by atoms with van der Waals surface area (Å²) in [4.78, 5) is 12.1. The highest BCUT2D eigenvalue weighted by Gasteiger charge is 2.12. The van der Waals surface area contributed by atoms with Crippen LogP contribution >= 0.6 is 11.6 Å². The molecule has 23 heavy (non-hydrogen) atoms. The number of methoxy groups -OCH3 is 1. The summed E-state index contributed by atoms with van der Waals surface area (Å²) in [5.74, 6) is -0.0740. The predicted octanol–water partition coefficient (Wildman–Crippen LogP) is 2.71. The minimum Gasteiger partial charge on any atom is -0.495 e. The first kappa shape index (κ1) is 18.8. The number of hydrogen-bond donors (Lipinski definition) is 2. The predicted molar refractivity (Wildman–Crippen MR) is 89.4 cm³/mol. The van der Waals surface area contributed by atoms with Crippen molar-refractivity contribution in [3.8, 4) is 11.8 Å². The van der Waals surface area contributed by atoms with Gasteiger partial charge in [0.1, 0.15) is 17.4 Å². The van der Waals surface area contributed by atoms with E-state index in [-0.39, 0.29) is 5.57 Å². The van der Waals surface area contributed by atoms with Crippen LogP contribution in [-0.2, 0) is 9.53 Å². The van der Waals surface area contributed by atoms with Gasteiger partial charge in [-0.2, -0.15) is 5.26 Å². The van der Waals surface area contributed by atoms with Crippen molar-refractivity contribution in [2.45, 2.75) is 13.3 Å². The lowest BCUT2D eigenvalue weighted by Gasteiger charge is -2.10. The molecule has 1 aromatic carbocycles. The summed E-state index contributed by atoms with van der Waals surface area (Å²) in [6.07, 6.45) is 2.17. The fourth-order valence-electron chi connectivity index (χ4n) is 1.71. The van der Waals surface area contributed by atoms with Crippen LogP contribution in [0.4, 0.5) is 5.69 Å². The number of ether oxygens (including phenoxy) is 2. The van der Waals surface area contributed by atoms with Gasteiger partial charge in [0, 0.05) is 31.0 Å². The zero-order valence-corrected chi connectivity index (χ0v) is 13.9. The molecule has 1 amide bonds. The molecule has 6 nitrogen and oxygen atoms in total. The zero-order valence-electron chi connectivity index (χ0n) is 13.2. The number of nitrogens with zero attached hydrogens (tertiary/aromatic N) is 1. The molecule has 0 aromatic heterocycles. The highest BCUT2D eigenvalue weighted by atomic mass is 35.5. The molecule has 0 radical (unpaired) electrons. The molecule has 124 valence electrons. The molecule has 1 aromatic rings. The Kier molecular flexibility index (Phi) is 8.58. The number of nitriles is 1. The fraction of sp³-hybridized carbons (Fsp3) is 0.375. The second kappa shape index (κ2) is 10.5. The molecule has 0 bridgehead atoms. The van der Waals surface area contributed by atoms with Gasteiger partial charge in [-0.3, -0.25) is 4.79 Å². The van der Waals surface area contributed by atoms with E-state index in [0.717, 1.165) is 6.42 Å². The lowest BCUT2D eigenvalue weighted by Crippen LogP contribution is -2.18. The second-order valence-corrected chi connectivity index (χ2v) is 4.91. The van der Waals surface area contributed by atoms with Crippen LogP contribution in [0.25, 0.3) is 0 Å². The van der Waals surface area contributed by atoms with E-state index in [2.05, 4.69) is 10.6 Å². The number of anilines is 1. The molecule has 0 atom stereocenters. The minimum absolute atomic E-state index is 0.0385. The summed E-state index contributed by atoms with van der Waals surface area (Å²) in [5.41, 5.74) is 0.367. The van der Waals surface area contributed by atoms with Crippen molar-refractivity contribution in [2.24, 2.45) is 0 Å². The van der Waals surface area contributed by atoms with Crippen LogP contribution < -0.4 is 15.4 Å². The first-order valence-corrected chi connectivity index (χ1v) is 7.56. The monoisotopic (exact) mass is 337 g/mol. The first-order valence-electron chi connectivity index (χ1n) is 7.18. The van der Waals surface area contributed by atoms with Crippen molar-refractivity contribution in [3.05, 3.63) is 35.0 Å². The van der Waals surface area contributed by atoms with Gasteiger partial charge in [-0.05, 0) is 31.5 Å². The van der Waals surface area contributed by atoms with E-state index in [1.54, 1.807) is 18.2 Å². The third-order valence-corrected chi connectivity index (χ3v) is 3.07. The number of halogens is 1. The standard InChI is InChI=1S/C16H20ClN3O3/c1-3-23-8-4-7-19-11-12(10-18)16(21)20-14-9-13(17)5-6-15(14)22-2/h5-6,9,11,19H,3-4,7-8H2,1-2H3,(H,20,21)/b12-11-. The molecule has 1 rings (SSSR count). The van der Waals surface area contributed by atoms with Gasteiger partial charge in [0.05, 0.1) is 12.8 Å². The van der Waals surface area contributed by atoms with Gasteiger partial charge in [0.15, 0.2) is 0 Å². The fourth-order valence-corrected chi connectivity index (χ4v) is 1.88. The Morgan fingerprint density at radius 3 is 2.91 bits per heavy atom. The van der Waals surface area contributed by atoms with Gasteiger partial charge < -0.3 is 20.1 Å². The maximum absolute atomic E-state index is 12.1. The molecule has 0 saturated heterocycles. The van der Waals surface area contributed by atoms with Gasteiger partial charge in [0.2, 0.25) is 0 Å². The summed E-state index contributed by atoms with van der Waals surface area (Å²) in [6.45, 7) is 3.84. The van der Waals surface area contributed by atoms with Crippen molar-refractivity contribution < 1.29 is 14.3 Å². The number of carbonyl (C=O) groups excluding carboxylic acids is 1. The number of carbonyl (C=O) groups is 1. The highest BCUT2D eigenvalue weighted by molar-refractivity contribution is 6.31. The average molecular weight is 338 g/mol. The molecule has 2 N–H and O–H groups in total. The Labute approximate surface area is 141 Å². The molecule has 0 aliphatic heterocycles. The third-order valence-electron chi connectivity index (χ3n) is 2.84. The maximum Gasteiger partial charge on any atom is 0.267 e. The quantitative estimate of drug-likeness (QED) is 0.411. The average Bonchev–Trinajstić information content (AvgIpc) is 2.54. The molecular formula is C16H20ClN3O3. The normalized spacial score (nSPS) is 10.8. The summed E-state index contributed by atoms with van der Waals surface area (Å²) < 4.78 is 10.3. The summed E-state index contributed by atoms with van der Waals surface area (Å²) in [6, 6.07) is 6.70. The van der Waals surface area contributed by atoms with Crippen LogP contribution in [0.2, 0.25) is 5.02 Å². The Balaban J connectivity index is 2.64. The third kappa shape index (κ3) is 6.59. The Hall–Kier alpha value is -2.23. The van der Waals surface area contributed by atoms with Crippen molar-refractivity contribution in [1.82, 2.24) is 5.32 Å². The molecule has 0 spiro atoms. The minimum atomic E-state index is -0.537. The molecular weight excluding hydrogens is 318 g/mol. The van der Waals surface area contributed by atoms with E-state index < -0.39 is 5.91 Å². The number of nitrogens with one attached hydrogen (secondary N) is 2. The lowest BCUT2D eigenvalue weighted by molar-refractivity contribution is -0.112. The molecule has 7 heteroatoms. The van der Waals surface area contributed by atoms with Crippen molar-refractivity contribution in [3.63, 3.8) is 0 Å². The summed E-state index contributed by atoms with van der Waals surface area (Å²) in [5, 5.41) is 15.1. The van der Waals surface area contributed by atoms with Crippen LogP contribution in [0.15, 0.2) is 30.0 Å². The number of benzene rings is 1. The van der Waals surface area contributed by atoms with Gasteiger partial charge in [-0.15, -0.1) is 0 Å². The Morgan fingerprint density at radius 2 is 2.26 bits per heavy atom. The van der Waals surface area contributed by atoms with Crippen LogP contribution in [0.1, 0.15) is 13.3 Å². The molecule has 0 heterocycles. The van der Waals surface area contributed by atoms with Crippen LogP contribution in [-0.4, -0.2) is 32.8 Å². The summed E-state index contributed by atoms with van der Waals surface area (Å²) in [7, 11) is 1.49. The van der Waals surface area contributed by atoms with Crippen LogP contribution in [0.3, 0.4) is 0 Å². The maximum atomic E-state index is 12.1. The second-order valence-electron chi connectivity index (χ2n) is 4.47. The summed E-state index contributed by atoms with van der Waals surface area (Å²) >= 11 is 5.90.